The number of aliphatic hydroxyl groups is 1. The lowest BCUT2D eigenvalue weighted by molar-refractivity contribution is 0.121. The molecule has 0 aliphatic heterocycles. The fraction of sp³-hybridized carbons (Fsp3) is 0.273. The van der Waals surface area contributed by atoms with E-state index in [2.05, 4.69) is 15.6 Å². The molecule has 2 aromatic heterocycles. The summed E-state index contributed by atoms with van der Waals surface area (Å²) in [5.41, 5.74) is 1.04. The molecule has 29 heavy (non-hydrogen) atoms. The van der Waals surface area contributed by atoms with Crippen molar-refractivity contribution >= 4 is 23.1 Å². The molecule has 0 aliphatic carbocycles. The highest BCUT2D eigenvalue weighted by Gasteiger charge is 2.32. The lowest BCUT2D eigenvalue weighted by Crippen LogP contribution is -2.41. The van der Waals surface area contributed by atoms with Crippen molar-refractivity contribution in [1.82, 2.24) is 10.3 Å². The van der Waals surface area contributed by atoms with Crippen molar-refractivity contribution in [2.45, 2.75) is 26.8 Å². The number of aromatic nitrogens is 1. The van der Waals surface area contributed by atoms with Gasteiger partial charge in [-0.1, -0.05) is 19.9 Å². The Hall–Kier alpha value is -2.90. The number of nitrogens with one attached hydrogen (secondary N) is 2. The molecule has 0 aliphatic rings. The smallest absolute Gasteiger partial charge is 0.319 e. The number of aliphatic hydroxyl groups excluding tert-OH is 1. The van der Waals surface area contributed by atoms with Crippen LogP contribution in [-0.2, 0) is 0 Å². The number of thiophene rings is 1. The van der Waals surface area contributed by atoms with Crippen LogP contribution in [0.15, 0.2) is 60.2 Å². The highest BCUT2D eigenvalue weighted by molar-refractivity contribution is 7.10. The van der Waals surface area contributed by atoms with Gasteiger partial charge in [-0.05, 0) is 54.3 Å². The summed E-state index contributed by atoms with van der Waals surface area (Å²) in [6.45, 7) is 5.71. The molecule has 0 saturated carbocycles. The molecule has 0 unspecified atom stereocenters. The second kappa shape index (κ2) is 9.07. The summed E-state index contributed by atoms with van der Waals surface area (Å²) in [4.78, 5) is 17.7. The molecule has 0 fully saturated rings. The SMILES string of the molecule is Cc1cc(NC(=O)N[C@@H](c2cccs2)C(C)(C)CO)ccc1Oc1cccnc1. The molecule has 0 spiro atoms. The van der Waals surface area contributed by atoms with E-state index >= 15 is 0 Å². The van der Waals surface area contributed by atoms with Crippen LogP contribution < -0.4 is 15.4 Å². The fourth-order valence-electron chi connectivity index (χ4n) is 2.87. The van der Waals surface area contributed by atoms with Crippen molar-refractivity contribution in [3.05, 3.63) is 70.7 Å². The van der Waals surface area contributed by atoms with E-state index in [0.29, 0.717) is 17.2 Å². The standard InChI is InChI=1S/C22H25N3O3S/c1-15-12-16(8-9-18(15)28-17-6-4-10-23-13-17)24-21(27)25-20(22(2,3)14-26)19-7-5-11-29-19/h4-13,20,26H,14H2,1-3H3,(H2,24,25,27)/t20-/m0/s1. The average molecular weight is 412 g/mol. The molecule has 2 amide bonds. The lowest BCUT2D eigenvalue weighted by atomic mass is 9.84. The highest BCUT2D eigenvalue weighted by Crippen LogP contribution is 2.35. The monoisotopic (exact) mass is 411 g/mol. The van der Waals surface area contributed by atoms with E-state index in [1.165, 1.54) is 0 Å². The van der Waals surface area contributed by atoms with Crippen LogP contribution in [0.1, 0.15) is 30.3 Å². The van der Waals surface area contributed by atoms with Crippen LogP contribution in [0, 0.1) is 12.3 Å². The summed E-state index contributed by atoms with van der Waals surface area (Å²) in [7, 11) is 0. The molecular weight excluding hydrogens is 386 g/mol. The molecule has 0 bridgehead atoms. The first kappa shape index (κ1) is 20.8. The van der Waals surface area contributed by atoms with Crippen LogP contribution >= 0.6 is 11.3 Å². The Labute approximate surface area is 174 Å². The molecule has 0 saturated heterocycles. The summed E-state index contributed by atoms with van der Waals surface area (Å²) in [5, 5.41) is 17.6. The zero-order valence-corrected chi connectivity index (χ0v) is 17.5. The maximum atomic E-state index is 12.6. The van der Waals surface area contributed by atoms with Gasteiger partial charge in [0.15, 0.2) is 0 Å². The minimum atomic E-state index is -0.500. The van der Waals surface area contributed by atoms with E-state index in [9.17, 15) is 9.90 Å². The third-order valence-corrected chi connectivity index (χ3v) is 5.52. The Morgan fingerprint density at radius 2 is 2.10 bits per heavy atom. The zero-order valence-electron chi connectivity index (χ0n) is 16.7. The highest BCUT2D eigenvalue weighted by atomic mass is 32.1. The van der Waals surface area contributed by atoms with Crippen LogP contribution in [0.3, 0.4) is 0 Å². The topological polar surface area (TPSA) is 83.5 Å². The first-order valence-electron chi connectivity index (χ1n) is 9.29. The van der Waals surface area contributed by atoms with Crippen molar-refractivity contribution in [3.8, 4) is 11.5 Å². The Kier molecular flexibility index (Phi) is 6.51. The van der Waals surface area contributed by atoms with E-state index in [4.69, 9.17) is 4.74 Å². The number of aryl methyl sites for hydroxylation is 1. The number of anilines is 1. The van der Waals surface area contributed by atoms with Crippen LogP contribution in [0.5, 0.6) is 11.5 Å². The molecule has 7 heteroatoms. The summed E-state index contributed by atoms with van der Waals surface area (Å²) in [6, 6.07) is 12.4. The number of carbonyl (C=O) groups excluding carboxylic acids is 1. The number of urea groups is 1. The van der Waals surface area contributed by atoms with Crippen LogP contribution in [0.25, 0.3) is 0 Å². The van der Waals surface area contributed by atoms with E-state index in [1.54, 1.807) is 29.8 Å². The van der Waals surface area contributed by atoms with Gasteiger partial charge < -0.3 is 20.5 Å². The first-order valence-corrected chi connectivity index (χ1v) is 10.2. The number of hydrogen-bond donors (Lipinski definition) is 3. The minimum Gasteiger partial charge on any atom is -0.455 e. The van der Waals surface area contributed by atoms with E-state index in [-0.39, 0.29) is 18.7 Å². The molecule has 3 aromatic rings. The number of nitrogens with zero attached hydrogens (tertiary/aromatic N) is 1. The number of hydrogen-bond acceptors (Lipinski definition) is 5. The summed E-state index contributed by atoms with van der Waals surface area (Å²) < 4.78 is 5.82. The van der Waals surface area contributed by atoms with Gasteiger partial charge in [0.1, 0.15) is 11.5 Å². The van der Waals surface area contributed by atoms with Gasteiger partial charge in [-0.15, -0.1) is 11.3 Å². The van der Waals surface area contributed by atoms with Crippen molar-refractivity contribution in [3.63, 3.8) is 0 Å². The van der Waals surface area contributed by atoms with Crippen molar-refractivity contribution < 1.29 is 14.6 Å². The average Bonchev–Trinajstić information content (AvgIpc) is 3.23. The molecule has 6 nitrogen and oxygen atoms in total. The second-order valence-corrected chi connectivity index (χ2v) is 8.44. The molecular formula is C22H25N3O3S. The molecule has 3 N–H and O–H groups in total. The predicted octanol–water partition coefficient (Wildman–Crippen LogP) is 5.13. The lowest BCUT2D eigenvalue weighted by Gasteiger charge is -2.32. The van der Waals surface area contributed by atoms with Gasteiger partial charge >= 0.3 is 6.03 Å². The molecule has 1 atom stereocenters. The van der Waals surface area contributed by atoms with E-state index in [1.807, 2.05) is 62.5 Å². The Morgan fingerprint density at radius 1 is 1.28 bits per heavy atom. The minimum absolute atomic E-state index is 0.0463. The van der Waals surface area contributed by atoms with Crippen LogP contribution in [0.4, 0.5) is 10.5 Å². The van der Waals surface area contributed by atoms with Gasteiger partial charge in [0.2, 0.25) is 0 Å². The van der Waals surface area contributed by atoms with E-state index < -0.39 is 5.41 Å². The third-order valence-electron chi connectivity index (χ3n) is 4.59. The number of ether oxygens (including phenoxy) is 1. The number of carbonyl (C=O) groups is 1. The molecule has 0 radical (unpaired) electrons. The molecule has 1 aromatic carbocycles. The summed E-state index contributed by atoms with van der Waals surface area (Å²) in [5.74, 6) is 1.35. The summed E-state index contributed by atoms with van der Waals surface area (Å²) >= 11 is 1.55. The van der Waals surface area contributed by atoms with Gasteiger partial charge in [-0.25, -0.2) is 4.79 Å². The van der Waals surface area contributed by atoms with Gasteiger partial charge in [0.25, 0.3) is 0 Å². The van der Waals surface area contributed by atoms with Crippen molar-refractivity contribution in [2.75, 3.05) is 11.9 Å². The van der Waals surface area contributed by atoms with Crippen molar-refractivity contribution in [2.24, 2.45) is 5.41 Å². The van der Waals surface area contributed by atoms with E-state index in [0.717, 1.165) is 10.4 Å². The van der Waals surface area contributed by atoms with Gasteiger partial charge in [-0.3, -0.25) is 4.98 Å². The van der Waals surface area contributed by atoms with Crippen LogP contribution in [-0.4, -0.2) is 22.7 Å². The largest absolute Gasteiger partial charge is 0.455 e. The maximum Gasteiger partial charge on any atom is 0.319 e. The third kappa shape index (κ3) is 5.34. The first-order chi connectivity index (χ1) is 13.9. The quantitative estimate of drug-likeness (QED) is 0.503. The molecule has 2 heterocycles. The van der Waals surface area contributed by atoms with Crippen LogP contribution in [0.2, 0.25) is 0 Å². The Balaban J connectivity index is 1.69. The number of rotatable bonds is 7. The van der Waals surface area contributed by atoms with Gasteiger partial charge in [-0.2, -0.15) is 0 Å². The second-order valence-electron chi connectivity index (χ2n) is 7.46. The van der Waals surface area contributed by atoms with Gasteiger partial charge in [0.05, 0.1) is 18.8 Å². The predicted molar refractivity (Wildman–Crippen MR) is 116 cm³/mol. The molecule has 152 valence electrons. The zero-order chi connectivity index (χ0) is 20.9. The number of pyridine rings is 1. The van der Waals surface area contributed by atoms with Gasteiger partial charge in [0, 0.05) is 22.2 Å². The normalized spacial score (nSPS) is 12.3. The molecule has 3 rings (SSSR count). The Morgan fingerprint density at radius 3 is 2.72 bits per heavy atom. The van der Waals surface area contributed by atoms with Crippen molar-refractivity contribution in [1.29, 1.82) is 0 Å². The Bertz CT molecular complexity index is 943. The fourth-order valence-corrected chi connectivity index (χ4v) is 3.86. The summed E-state index contributed by atoms with van der Waals surface area (Å²) in [6.07, 6.45) is 3.33. The number of benzene rings is 1. The number of amides is 2. The maximum absolute atomic E-state index is 12.6.